The molecule has 17 heavy (non-hydrogen) atoms. The molecule has 4 heteroatoms. The van der Waals surface area contributed by atoms with E-state index in [-0.39, 0.29) is 0 Å². The molecule has 2 nitrogen and oxygen atoms in total. The van der Waals surface area contributed by atoms with Crippen molar-refractivity contribution in [1.29, 1.82) is 0 Å². The fourth-order valence-corrected chi connectivity index (χ4v) is 2.76. The van der Waals surface area contributed by atoms with Gasteiger partial charge in [0, 0.05) is 0 Å². The van der Waals surface area contributed by atoms with E-state index < -0.39 is 0 Å². The molecule has 0 atom stereocenters. The normalized spacial score (nSPS) is 10.4. The minimum Gasteiger partial charge on any atom is -0.337 e. The first-order valence-electron chi connectivity index (χ1n) is 6.12. The Balaban J connectivity index is 0.000000185. The van der Waals surface area contributed by atoms with Gasteiger partial charge >= 0.3 is 0 Å². The van der Waals surface area contributed by atoms with Gasteiger partial charge in [0.05, 0.1) is 29.9 Å². The molecule has 0 spiro atoms. The second-order valence-corrected chi connectivity index (χ2v) is 5.54. The Morgan fingerprint density at radius 1 is 1.12 bits per heavy atom. The van der Waals surface area contributed by atoms with Crippen molar-refractivity contribution in [2.45, 2.75) is 20.8 Å². The van der Waals surface area contributed by atoms with Gasteiger partial charge in [-0.2, -0.15) is 0 Å². The van der Waals surface area contributed by atoms with Gasteiger partial charge in [0.1, 0.15) is 0 Å². The molecule has 1 aromatic carbocycles. The van der Waals surface area contributed by atoms with Gasteiger partial charge < -0.3 is 9.88 Å². The summed E-state index contributed by atoms with van der Waals surface area (Å²) in [7, 11) is 0. The molecule has 1 heterocycles. The highest BCUT2D eigenvalue weighted by Crippen LogP contribution is 2.17. The van der Waals surface area contributed by atoms with Crippen molar-refractivity contribution in [3.63, 3.8) is 0 Å². The molecule has 2 rings (SSSR count). The first kappa shape index (κ1) is 14.4. The summed E-state index contributed by atoms with van der Waals surface area (Å²) < 4.78 is 2.08. The predicted octanol–water partition coefficient (Wildman–Crippen LogP) is 2.89. The molecular formula is C13H21N2S2+. The Bertz CT molecular complexity index is 442. The van der Waals surface area contributed by atoms with Gasteiger partial charge in [-0.15, -0.1) is 11.3 Å². The number of nitrogens with one attached hydrogen (secondary N) is 2. The molecule has 2 aromatic rings. The van der Waals surface area contributed by atoms with Crippen molar-refractivity contribution >= 4 is 33.8 Å². The van der Waals surface area contributed by atoms with Gasteiger partial charge in [-0.1, -0.05) is 12.1 Å². The van der Waals surface area contributed by atoms with Gasteiger partial charge in [0.2, 0.25) is 0 Å². The van der Waals surface area contributed by atoms with Gasteiger partial charge in [-0.25, -0.2) is 0 Å². The monoisotopic (exact) mass is 269 g/mol. The van der Waals surface area contributed by atoms with Crippen molar-refractivity contribution in [2.24, 2.45) is 0 Å². The third-order valence-corrected chi connectivity index (χ3v) is 4.04. The first-order valence-corrected chi connectivity index (χ1v) is 7.35. The summed E-state index contributed by atoms with van der Waals surface area (Å²) in [5, 5.41) is 0. The average molecular weight is 269 g/mol. The van der Waals surface area contributed by atoms with E-state index in [1.54, 1.807) is 16.2 Å². The minimum absolute atomic E-state index is 0.848. The number of rotatable bonds is 3. The number of benzene rings is 1. The van der Waals surface area contributed by atoms with E-state index in [9.17, 15) is 0 Å². The summed E-state index contributed by atoms with van der Waals surface area (Å²) in [5.74, 6) is 0. The molecule has 0 saturated carbocycles. The fraction of sp³-hybridized carbons (Fsp3) is 0.462. The number of thiazole rings is 1. The van der Waals surface area contributed by atoms with E-state index in [0.717, 1.165) is 9.47 Å². The number of hydrogen-bond acceptors (Lipinski definition) is 2. The van der Waals surface area contributed by atoms with Crippen LogP contribution in [-0.2, 0) is 0 Å². The van der Waals surface area contributed by atoms with Crippen LogP contribution in [0.15, 0.2) is 24.3 Å². The molecule has 0 unspecified atom stereocenters. The average Bonchev–Trinajstić information content (AvgIpc) is 2.72. The number of hydrogen-bond donors (Lipinski definition) is 2. The highest BCUT2D eigenvalue weighted by molar-refractivity contribution is 7.73. The third kappa shape index (κ3) is 4.58. The van der Waals surface area contributed by atoms with Crippen LogP contribution in [0.5, 0.6) is 0 Å². The summed E-state index contributed by atoms with van der Waals surface area (Å²) in [6, 6.07) is 8.11. The van der Waals surface area contributed by atoms with Gasteiger partial charge in [0.15, 0.2) is 3.95 Å². The lowest BCUT2D eigenvalue weighted by molar-refractivity contribution is -0.894. The molecule has 0 saturated heterocycles. The Hall–Kier alpha value is -0.710. The Morgan fingerprint density at radius 2 is 1.71 bits per heavy atom. The second-order valence-electron chi connectivity index (χ2n) is 3.82. The molecule has 0 fully saturated rings. The fourth-order valence-electron chi connectivity index (χ4n) is 1.64. The zero-order valence-corrected chi connectivity index (χ0v) is 12.4. The van der Waals surface area contributed by atoms with Crippen LogP contribution in [0.4, 0.5) is 0 Å². The number of aromatic amines is 1. The summed E-state index contributed by atoms with van der Waals surface area (Å²) in [5.41, 5.74) is 1.14. The van der Waals surface area contributed by atoms with E-state index in [1.807, 2.05) is 18.2 Å². The van der Waals surface area contributed by atoms with E-state index in [0.29, 0.717) is 0 Å². The first-order chi connectivity index (χ1) is 8.21. The van der Waals surface area contributed by atoms with Crippen molar-refractivity contribution in [2.75, 3.05) is 19.6 Å². The Labute approximate surface area is 112 Å². The third-order valence-electron chi connectivity index (χ3n) is 2.83. The van der Waals surface area contributed by atoms with E-state index >= 15 is 0 Å². The number of quaternary nitrogens is 1. The predicted molar refractivity (Wildman–Crippen MR) is 79.6 cm³/mol. The van der Waals surface area contributed by atoms with Crippen LogP contribution < -0.4 is 4.90 Å². The highest BCUT2D eigenvalue weighted by Gasteiger charge is 1.93. The molecule has 0 aliphatic carbocycles. The molecule has 0 bridgehead atoms. The molecule has 0 amide bonds. The zero-order chi connectivity index (χ0) is 12.7. The summed E-state index contributed by atoms with van der Waals surface area (Å²) in [6.45, 7) is 10.5. The van der Waals surface area contributed by atoms with Crippen LogP contribution in [0, 0.1) is 3.95 Å². The van der Waals surface area contributed by atoms with Crippen LogP contribution in [-0.4, -0.2) is 24.6 Å². The topological polar surface area (TPSA) is 20.2 Å². The number of fused-ring (bicyclic) bond motifs is 1. The lowest BCUT2D eigenvalue weighted by atomic mass is 10.3. The van der Waals surface area contributed by atoms with E-state index in [2.05, 4.69) is 31.8 Å². The Morgan fingerprint density at radius 3 is 2.18 bits per heavy atom. The van der Waals surface area contributed by atoms with Crippen molar-refractivity contribution < 1.29 is 4.90 Å². The summed E-state index contributed by atoms with van der Waals surface area (Å²) in [4.78, 5) is 4.77. The van der Waals surface area contributed by atoms with Crippen LogP contribution in [0.1, 0.15) is 20.8 Å². The SMILES string of the molecule is CC[NH+](CC)CC.S=c1[nH]c2ccccc2s1. The number of para-hydroxylation sites is 1. The van der Waals surface area contributed by atoms with Gasteiger partial charge in [-0.3, -0.25) is 0 Å². The van der Waals surface area contributed by atoms with Gasteiger partial charge in [0.25, 0.3) is 0 Å². The molecule has 0 aliphatic rings. The Kier molecular flexibility index (Phi) is 6.40. The van der Waals surface area contributed by atoms with Crippen LogP contribution in [0.3, 0.4) is 0 Å². The molecule has 94 valence electrons. The lowest BCUT2D eigenvalue weighted by Crippen LogP contribution is -3.11. The van der Waals surface area contributed by atoms with Crippen LogP contribution >= 0.6 is 23.6 Å². The van der Waals surface area contributed by atoms with E-state index in [1.165, 1.54) is 24.3 Å². The zero-order valence-electron chi connectivity index (χ0n) is 10.7. The van der Waals surface area contributed by atoms with Gasteiger partial charge in [-0.05, 0) is 45.1 Å². The van der Waals surface area contributed by atoms with Crippen LogP contribution in [0.2, 0.25) is 0 Å². The van der Waals surface area contributed by atoms with E-state index in [4.69, 9.17) is 12.2 Å². The standard InChI is InChI=1S/C7H5NS2.C6H15N/c9-7-8-5-3-1-2-4-6(5)10-7;1-4-7(5-2)6-3/h1-4H,(H,8,9);4-6H2,1-3H3/p+1. The molecule has 0 radical (unpaired) electrons. The minimum atomic E-state index is 0.848. The molecule has 1 aromatic heterocycles. The largest absolute Gasteiger partial charge is 0.337 e. The quantitative estimate of drug-likeness (QED) is 0.821. The second kappa shape index (κ2) is 7.58. The molecule has 0 aliphatic heterocycles. The number of H-pyrrole nitrogens is 1. The molecular weight excluding hydrogens is 248 g/mol. The smallest absolute Gasteiger partial charge is 0.159 e. The van der Waals surface area contributed by atoms with Crippen molar-refractivity contribution in [3.8, 4) is 0 Å². The van der Waals surface area contributed by atoms with Crippen molar-refractivity contribution in [1.82, 2.24) is 4.98 Å². The number of aromatic nitrogens is 1. The maximum absolute atomic E-state index is 4.98. The maximum atomic E-state index is 4.98. The van der Waals surface area contributed by atoms with Crippen LogP contribution in [0.25, 0.3) is 10.2 Å². The molecule has 2 N–H and O–H groups in total. The summed E-state index contributed by atoms with van der Waals surface area (Å²) in [6.07, 6.45) is 0. The summed E-state index contributed by atoms with van der Waals surface area (Å²) >= 11 is 6.59. The highest BCUT2D eigenvalue weighted by atomic mass is 32.1. The lowest BCUT2D eigenvalue weighted by Gasteiger charge is -2.10. The maximum Gasteiger partial charge on any atom is 0.159 e. The van der Waals surface area contributed by atoms with Crippen molar-refractivity contribution in [3.05, 3.63) is 28.2 Å².